The van der Waals surface area contributed by atoms with E-state index in [4.69, 9.17) is 4.74 Å². The Kier molecular flexibility index (Phi) is 6.75. The van der Waals surface area contributed by atoms with E-state index >= 15 is 0 Å². The third kappa shape index (κ3) is 5.64. The van der Waals surface area contributed by atoms with Crippen molar-refractivity contribution in [2.75, 3.05) is 19.8 Å². The first-order chi connectivity index (χ1) is 8.11. The predicted molar refractivity (Wildman–Crippen MR) is 70.2 cm³/mol. The highest BCUT2D eigenvalue weighted by Crippen LogP contribution is 2.20. The van der Waals surface area contributed by atoms with Crippen molar-refractivity contribution in [3.8, 4) is 0 Å². The lowest BCUT2D eigenvalue weighted by Gasteiger charge is -2.28. The number of carbonyl (C=O) groups is 1. The number of carbonyl (C=O) groups excluding carboxylic acids is 1. The van der Waals surface area contributed by atoms with Gasteiger partial charge in [0.25, 0.3) is 0 Å². The number of hydrogen-bond donors (Lipinski definition) is 0. The van der Waals surface area contributed by atoms with Crippen LogP contribution in [0.25, 0.3) is 0 Å². The molecular formula is C14H27NO2. The zero-order valence-electron chi connectivity index (χ0n) is 11.6. The summed E-state index contributed by atoms with van der Waals surface area (Å²) >= 11 is 0. The van der Waals surface area contributed by atoms with Gasteiger partial charge in [0.05, 0.1) is 6.61 Å². The van der Waals surface area contributed by atoms with Gasteiger partial charge in [-0.15, -0.1) is 0 Å². The van der Waals surface area contributed by atoms with Crippen LogP contribution in [0.3, 0.4) is 0 Å². The summed E-state index contributed by atoms with van der Waals surface area (Å²) in [6.45, 7) is 9.04. The van der Waals surface area contributed by atoms with E-state index in [1.807, 2.05) is 0 Å². The molecule has 0 aromatic rings. The van der Waals surface area contributed by atoms with Crippen LogP contribution in [0.15, 0.2) is 0 Å². The molecule has 3 heteroatoms. The Bertz CT molecular complexity index is 228. The zero-order chi connectivity index (χ0) is 12.7. The van der Waals surface area contributed by atoms with Gasteiger partial charge in [0, 0.05) is 25.1 Å². The van der Waals surface area contributed by atoms with Gasteiger partial charge in [-0.25, -0.2) is 0 Å². The quantitative estimate of drug-likeness (QED) is 0.612. The molecule has 1 aliphatic heterocycles. The van der Waals surface area contributed by atoms with Crippen molar-refractivity contribution in [3.05, 3.63) is 0 Å². The van der Waals surface area contributed by atoms with Gasteiger partial charge in [-0.3, -0.25) is 4.90 Å². The van der Waals surface area contributed by atoms with Gasteiger partial charge in [-0.1, -0.05) is 0 Å². The minimum absolute atomic E-state index is 0.284. The molecule has 0 radical (unpaired) electrons. The van der Waals surface area contributed by atoms with Crippen molar-refractivity contribution in [2.45, 2.75) is 65.0 Å². The summed E-state index contributed by atoms with van der Waals surface area (Å²) in [7, 11) is 0. The van der Waals surface area contributed by atoms with E-state index in [2.05, 4.69) is 18.7 Å². The summed E-state index contributed by atoms with van der Waals surface area (Å²) in [6, 6.07) is 1.24. The smallest absolute Gasteiger partial charge is 0.129 e. The number of ether oxygens (including phenoxy) is 1. The molecule has 0 spiro atoms. The Morgan fingerprint density at radius 2 is 2.18 bits per heavy atom. The highest BCUT2D eigenvalue weighted by molar-refractivity contribution is 5.75. The fourth-order valence-electron chi connectivity index (χ4n) is 2.51. The van der Waals surface area contributed by atoms with Crippen LogP contribution in [-0.2, 0) is 9.53 Å². The molecule has 1 aliphatic rings. The maximum Gasteiger partial charge on any atom is 0.129 e. The van der Waals surface area contributed by atoms with Crippen LogP contribution in [0.2, 0.25) is 0 Å². The average molecular weight is 241 g/mol. The molecule has 1 atom stereocenters. The monoisotopic (exact) mass is 241 g/mol. The zero-order valence-corrected chi connectivity index (χ0v) is 11.6. The molecule has 1 rings (SSSR count). The number of Topliss-reactive ketones (excluding diaryl/α,β-unsaturated/α-hetero) is 1. The summed E-state index contributed by atoms with van der Waals surface area (Å²) in [4.78, 5) is 13.3. The van der Waals surface area contributed by atoms with Crippen molar-refractivity contribution in [3.63, 3.8) is 0 Å². The maximum atomic E-state index is 10.8. The van der Waals surface area contributed by atoms with Gasteiger partial charge in [0.2, 0.25) is 0 Å². The van der Waals surface area contributed by atoms with Crippen LogP contribution in [-0.4, -0.2) is 42.5 Å². The molecule has 0 aliphatic carbocycles. The lowest BCUT2D eigenvalue weighted by Crippen LogP contribution is -2.38. The van der Waals surface area contributed by atoms with E-state index in [1.165, 1.54) is 19.4 Å². The van der Waals surface area contributed by atoms with Gasteiger partial charge in [-0.2, -0.15) is 0 Å². The molecule has 1 heterocycles. The van der Waals surface area contributed by atoms with Gasteiger partial charge in [0.1, 0.15) is 5.78 Å². The predicted octanol–water partition coefficient (Wildman–Crippen LogP) is 2.64. The van der Waals surface area contributed by atoms with Crippen molar-refractivity contribution in [2.24, 2.45) is 0 Å². The second kappa shape index (κ2) is 7.83. The first-order valence-electron chi connectivity index (χ1n) is 6.94. The Morgan fingerprint density at radius 1 is 1.41 bits per heavy atom. The van der Waals surface area contributed by atoms with Gasteiger partial charge >= 0.3 is 0 Å². The lowest BCUT2D eigenvalue weighted by molar-refractivity contribution is -0.117. The SMILES string of the molecule is CC(=O)CCCCOC[C@@H]1CCCN1C(C)C. The summed E-state index contributed by atoms with van der Waals surface area (Å²) in [5.41, 5.74) is 0. The minimum Gasteiger partial charge on any atom is -0.380 e. The van der Waals surface area contributed by atoms with Crippen molar-refractivity contribution in [1.29, 1.82) is 0 Å². The number of rotatable bonds is 8. The first kappa shape index (κ1) is 14.7. The Morgan fingerprint density at radius 3 is 2.82 bits per heavy atom. The van der Waals surface area contributed by atoms with E-state index < -0.39 is 0 Å². The molecule has 0 saturated carbocycles. The Hall–Kier alpha value is -0.410. The molecule has 0 amide bonds. The number of nitrogens with zero attached hydrogens (tertiary/aromatic N) is 1. The van der Waals surface area contributed by atoms with Crippen LogP contribution < -0.4 is 0 Å². The van der Waals surface area contributed by atoms with Gasteiger partial charge < -0.3 is 9.53 Å². The second-order valence-electron chi connectivity index (χ2n) is 5.36. The van der Waals surface area contributed by atoms with E-state index in [0.717, 1.165) is 26.1 Å². The van der Waals surface area contributed by atoms with Gasteiger partial charge in [0.15, 0.2) is 0 Å². The normalized spacial score (nSPS) is 21.3. The van der Waals surface area contributed by atoms with E-state index in [9.17, 15) is 4.79 Å². The highest BCUT2D eigenvalue weighted by atomic mass is 16.5. The average Bonchev–Trinajstić information content (AvgIpc) is 2.71. The number of hydrogen-bond acceptors (Lipinski definition) is 3. The third-order valence-corrected chi connectivity index (χ3v) is 3.46. The number of likely N-dealkylation sites (tertiary alicyclic amines) is 1. The highest BCUT2D eigenvalue weighted by Gasteiger charge is 2.26. The Labute approximate surface area is 106 Å². The summed E-state index contributed by atoms with van der Waals surface area (Å²) in [6.07, 6.45) is 5.24. The van der Waals surface area contributed by atoms with Crippen LogP contribution >= 0.6 is 0 Å². The van der Waals surface area contributed by atoms with Crippen LogP contribution in [0.5, 0.6) is 0 Å². The van der Waals surface area contributed by atoms with E-state index in [1.54, 1.807) is 6.92 Å². The first-order valence-corrected chi connectivity index (χ1v) is 6.94. The van der Waals surface area contributed by atoms with Crippen LogP contribution in [0, 0.1) is 0 Å². The van der Waals surface area contributed by atoms with E-state index in [0.29, 0.717) is 18.5 Å². The van der Waals surface area contributed by atoms with Crippen molar-refractivity contribution >= 4 is 5.78 Å². The molecule has 0 unspecified atom stereocenters. The molecule has 0 aromatic heterocycles. The molecule has 100 valence electrons. The largest absolute Gasteiger partial charge is 0.380 e. The van der Waals surface area contributed by atoms with E-state index in [-0.39, 0.29) is 5.78 Å². The topological polar surface area (TPSA) is 29.5 Å². The standard InChI is InChI=1S/C14H27NO2/c1-12(2)15-9-6-8-14(15)11-17-10-5-4-7-13(3)16/h12,14H,4-11H2,1-3H3/t14-/m0/s1. The minimum atomic E-state index is 0.284. The number of ketones is 1. The molecular weight excluding hydrogens is 214 g/mol. The van der Waals surface area contributed by atoms with Gasteiger partial charge in [-0.05, 0) is 53.0 Å². The maximum absolute atomic E-state index is 10.8. The molecule has 0 aromatic carbocycles. The molecule has 0 N–H and O–H groups in total. The van der Waals surface area contributed by atoms with Crippen molar-refractivity contribution in [1.82, 2.24) is 4.90 Å². The summed E-state index contributed by atoms with van der Waals surface area (Å²) < 4.78 is 5.73. The molecule has 1 fully saturated rings. The van der Waals surface area contributed by atoms with Crippen LogP contribution in [0.1, 0.15) is 52.9 Å². The fraction of sp³-hybridized carbons (Fsp3) is 0.929. The lowest BCUT2D eigenvalue weighted by atomic mass is 10.2. The third-order valence-electron chi connectivity index (χ3n) is 3.46. The molecule has 3 nitrogen and oxygen atoms in total. The summed E-state index contributed by atoms with van der Waals surface area (Å²) in [5, 5.41) is 0. The fourth-order valence-corrected chi connectivity index (χ4v) is 2.51. The second-order valence-corrected chi connectivity index (χ2v) is 5.36. The summed E-state index contributed by atoms with van der Waals surface area (Å²) in [5.74, 6) is 0.284. The Balaban J connectivity index is 2.04. The molecule has 1 saturated heterocycles. The van der Waals surface area contributed by atoms with Crippen LogP contribution in [0.4, 0.5) is 0 Å². The molecule has 0 bridgehead atoms. The number of unbranched alkanes of at least 4 members (excludes halogenated alkanes) is 1. The van der Waals surface area contributed by atoms with Crippen molar-refractivity contribution < 1.29 is 9.53 Å². The molecule has 17 heavy (non-hydrogen) atoms.